The van der Waals surface area contributed by atoms with Crippen molar-refractivity contribution in [2.75, 3.05) is 50.7 Å². The van der Waals surface area contributed by atoms with Crippen molar-refractivity contribution in [3.63, 3.8) is 0 Å². The van der Waals surface area contributed by atoms with E-state index in [2.05, 4.69) is 25.1 Å². The zero-order chi connectivity index (χ0) is 17.8. The first-order valence-corrected chi connectivity index (χ1v) is 9.41. The number of urea groups is 1. The Morgan fingerprint density at radius 3 is 2.24 bits per heavy atom. The molecule has 1 aromatic heterocycles. The van der Waals surface area contributed by atoms with Crippen LogP contribution in [0.15, 0.2) is 6.07 Å². The second kappa shape index (κ2) is 7.99. The first-order chi connectivity index (χ1) is 12.1. The lowest BCUT2D eigenvalue weighted by Crippen LogP contribution is -2.56. The fraction of sp³-hybridized carbons (Fsp3) is 0.722. The first kappa shape index (κ1) is 17.9. The summed E-state index contributed by atoms with van der Waals surface area (Å²) in [4.78, 5) is 27.9. The fourth-order valence-electron chi connectivity index (χ4n) is 3.83. The molecule has 1 aromatic rings. The van der Waals surface area contributed by atoms with Gasteiger partial charge in [0.1, 0.15) is 0 Å². The van der Waals surface area contributed by atoms with Gasteiger partial charge in [-0.3, -0.25) is 4.90 Å². The number of anilines is 1. The number of aryl methyl sites for hydroxylation is 2. The van der Waals surface area contributed by atoms with Gasteiger partial charge in [-0.2, -0.15) is 0 Å². The lowest BCUT2D eigenvalue weighted by molar-refractivity contribution is 0.0967. The molecule has 1 N–H and O–H groups in total. The maximum absolute atomic E-state index is 11.9. The van der Waals surface area contributed by atoms with Crippen LogP contribution in [0.25, 0.3) is 0 Å². The van der Waals surface area contributed by atoms with Crippen molar-refractivity contribution >= 4 is 12.0 Å². The molecule has 0 radical (unpaired) electrons. The van der Waals surface area contributed by atoms with Gasteiger partial charge in [0, 0.05) is 63.2 Å². The van der Waals surface area contributed by atoms with Crippen LogP contribution >= 0.6 is 0 Å². The molecule has 0 unspecified atom stereocenters. The first-order valence-electron chi connectivity index (χ1n) is 9.41. The predicted octanol–water partition coefficient (Wildman–Crippen LogP) is 1.41. The summed E-state index contributed by atoms with van der Waals surface area (Å²) in [6.07, 6.45) is 2.27. The van der Waals surface area contributed by atoms with Gasteiger partial charge in [-0.25, -0.2) is 14.8 Å². The molecule has 25 heavy (non-hydrogen) atoms. The van der Waals surface area contributed by atoms with E-state index in [0.717, 1.165) is 69.4 Å². The van der Waals surface area contributed by atoms with Crippen LogP contribution in [-0.4, -0.2) is 77.7 Å². The van der Waals surface area contributed by atoms with E-state index in [-0.39, 0.29) is 6.03 Å². The van der Waals surface area contributed by atoms with Crippen molar-refractivity contribution in [1.82, 2.24) is 25.1 Å². The second-order valence-corrected chi connectivity index (χ2v) is 7.03. The number of nitrogens with one attached hydrogen (secondary N) is 1. The number of piperazine rings is 1. The molecular weight excluding hydrogens is 316 g/mol. The fourth-order valence-corrected chi connectivity index (χ4v) is 3.83. The van der Waals surface area contributed by atoms with Crippen molar-refractivity contribution in [2.24, 2.45) is 0 Å². The number of hydrogen-bond donors (Lipinski definition) is 1. The molecule has 7 heteroatoms. The molecule has 2 amide bonds. The van der Waals surface area contributed by atoms with Crippen LogP contribution in [0.5, 0.6) is 0 Å². The molecule has 0 atom stereocenters. The smallest absolute Gasteiger partial charge is 0.317 e. The summed E-state index contributed by atoms with van der Waals surface area (Å²) in [6.45, 7) is 12.3. The molecular formula is C18H30N6O. The van der Waals surface area contributed by atoms with Crippen molar-refractivity contribution in [3.05, 3.63) is 17.5 Å². The summed E-state index contributed by atoms with van der Waals surface area (Å²) in [7, 11) is 0. The normalized spacial score (nSPS) is 20.0. The quantitative estimate of drug-likeness (QED) is 0.896. The maximum Gasteiger partial charge on any atom is 0.317 e. The van der Waals surface area contributed by atoms with Gasteiger partial charge in [-0.1, -0.05) is 0 Å². The number of amides is 2. The van der Waals surface area contributed by atoms with Crippen LogP contribution in [-0.2, 0) is 0 Å². The Balaban J connectivity index is 1.49. The number of carbonyl (C=O) groups excluding carboxylic acids is 1. The molecule has 138 valence electrons. The minimum Gasteiger partial charge on any atom is -0.341 e. The van der Waals surface area contributed by atoms with E-state index >= 15 is 0 Å². The number of piperidine rings is 1. The lowest BCUT2D eigenvalue weighted by atomic mass is 10.0. The Bertz CT molecular complexity index is 571. The van der Waals surface area contributed by atoms with E-state index in [1.807, 2.05) is 31.7 Å². The van der Waals surface area contributed by atoms with Gasteiger partial charge in [0.25, 0.3) is 0 Å². The minimum absolute atomic E-state index is 0.0731. The van der Waals surface area contributed by atoms with Crippen molar-refractivity contribution in [3.8, 4) is 0 Å². The molecule has 0 spiro atoms. The summed E-state index contributed by atoms with van der Waals surface area (Å²) >= 11 is 0. The third-order valence-electron chi connectivity index (χ3n) is 5.16. The van der Waals surface area contributed by atoms with Crippen LogP contribution in [0.2, 0.25) is 0 Å². The lowest BCUT2D eigenvalue weighted by Gasteiger charge is -2.42. The topological polar surface area (TPSA) is 64.6 Å². The van der Waals surface area contributed by atoms with E-state index < -0.39 is 0 Å². The van der Waals surface area contributed by atoms with E-state index in [4.69, 9.17) is 0 Å². The highest BCUT2D eigenvalue weighted by Crippen LogP contribution is 2.21. The average Bonchev–Trinajstić information content (AvgIpc) is 2.61. The van der Waals surface area contributed by atoms with Crippen LogP contribution in [0.4, 0.5) is 10.7 Å². The Labute approximate surface area is 150 Å². The largest absolute Gasteiger partial charge is 0.341 e. The van der Waals surface area contributed by atoms with Crippen LogP contribution in [0.3, 0.4) is 0 Å². The van der Waals surface area contributed by atoms with Crippen LogP contribution < -0.4 is 10.2 Å². The summed E-state index contributed by atoms with van der Waals surface area (Å²) in [5.41, 5.74) is 2.07. The number of carbonyl (C=O) groups is 1. The molecule has 2 aliphatic rings. The Hall–Kier alpha value is -1.89. The predicted molar refractivity (Wildman–Crippen MR) is 99.0 cm³/mol. The zero-order valence-electron chi connectivity index (χ0n) is 15.7. The highest BCUT2D eigenvalue weighted by atomic mass is 16.2. The van der Waals surface area contributed by atoms with Crippen LogP contribution in [0.1, 0.15) is 31.2 Å². The van der Waals surface area contributed by atoms with Crippen molar-refractivity contribution < 1.29 is 4.79 Å². The van der Waals surface area contributed by atoms with E-state index in [1.54, 1.807) is 0 Å². The summed E-state index contributed by atoms with van der Waals surface area (Å²) < 4.78 is 0. The Morgan fingerprint density at radius 2 is 1.68 bits per heavy atom. The van der Waals surface area contributed by atoms with Gasteiger partial charge in [0.05, 0.1) is 0 Å². The van der Waals surface area contributed by atoms with Crippen molar-refractivity contribution in [1.29, 1.82) is 0 Å². The second-order valence-electron chi connectivity index (χ2n) is 7.03. The maximum atomic E-state index is 11.9. The molecule has 0 bridgehead atoms. The van der Waals surface area contributed by atoms with Gasteiger partial charge >= 0.3 is 6.03 Å². The van der Waals surface area contributed by atoms with E-state index in [0.29, 0.717) is 12.6 Å². The van der Waals surface area contributed by atoms with E-state index in [1.165, 1.54) is 0 Å². The molecule has 0 aromatic carbocycles. The zero-order valence-corrected chi connectivity index (χ0v) is 15.7. The van der Waals surface area contributed by atoms with Crippen molar-refractivity contribution in [2.45, 2.75) is 39.7 Å². The van der Waals surface area contributed by atoms with Crippen LogP contribution in [0, 0.1) is 13.8 Å². The number of nitrogens with zero attached hydrogens (tertiary/aromatic N) is 5. The Kier molecular flexibility index (Phi) is 5.73. The highest BCUT2D eigenvalue weighted by molar-refractivity contribution is 5.74. The molecule has 2 aliphatic heterocycles. The summed E-state index contributed by atoms with van der Waals surface area (Å²) in [6, 6.07) is 2.70. The molecule has 0 aliphatic carbocycles. The van der Waals surface area contributed by atoms with Gasteiger partial charge in [0.2, 0.25) is 5.95 Å². The molecule has 2 fully saturated rings. The standard InChI is InChI=1S/C18H30N6O/c1-4-19-18(25)24-11-9-22(10-12-24)16-5-7-23(8-6-16)17-20-14(2)13-15(3)21-17/h13,16H,4-12H2,1-3H3,(H,19,25). The van der Waals surface area contributed by atoms with Gasteiger partial charge in [0.15, 0.2) is 0 Å². The monoisotopic (exact) mass is 346 g/mol. The molecule has 0 saturated carbocycles. The summed E-state index contributed by atoms with van der Waals surface area (Å²) in [5.74, 6) is 0.872. The summed E-state index contributed by atoms with van der Waals surface area (Å²) in [5, 5.41) is 2.89. The molecule has 7 nitrogen and oxygen atoms in total. The third kappa shape index (κ3) is 4.39. The average molecular weight is 346 g/mol. The number of rotatable bonds is 3. The molecule has 2 saturated heterocycles. The van der Waals surface area contributed by atoms with Gasteiger partial charge < -0.3 is 15.1 Å². The molecule has 3 heterocycles. The Morgan fingerprint density at radius 1 is 1.08 bits per heavy atom. The molecule has 3 rings (SSSR count). The van der Waals surface area contributed by atoms with Gasteiger partial charge in [-0.15, -0.1) is 0 Å². The SMILES string of the molecule is CCNC(=O)N1CCN(C2CCN(c3nc(C)cc(C)n3)CC2)CC1. The third-order valence-corrected chi connectivity index (χ3v) is 5.16. The highest BCUT2D eigenvalue weighted by Gasteiger charge is 2.29. The van der Waals surface area contributed by atoms with E-state index in [9.17, 15) is 4.79 Å². The number of hydrogen-bond acceptors (Lipinski definition) is 5. The number of aromatic nitrogens is 2. The van der Waals surface area contributed by atoms with Gasteiger partial charge in [-0.05, 0) is 39.7 Å². The minimum atomic E-state index is 0.0731.